The molecule has 0 aliphatic rings. The molecule has 4 N–H and O–H groups in total. The standard InChI is InChI=1S/C12H14IN3O4/c1-6(10(17)16-12(19)15-2)20-11(18)8-5-7(13)3-4-9(8)14/h3-6H,14H2,1-2H3,(H2,15,16,17,19)/t6-/m1/s1. The van der Waals surface area contributed by atoms with Gasteiger partial charge in [0, 0.05) is 16.3 Å². The lowest BCUT2D eigenvalue weighted by molar-refractivity contribution is -0.127. The predicted molar refractivity (Wildman–Crippen MR) is 81.0 cm³/mol. The maximum Gasteiger partial charge on any atom is 0.341 e. The second kappa shape index (κ2) is 7.08. The minimum atomic E-state index is -1.11. The number of rotatable bonds is 3. The summed E-state index contributed by atoms with van der Waals surface area (Å²) in [5.41, 5.74) is 6.11. The van der Waals surface area contributed by atoms with Gasteiger partial charge in [0.2, 0.25) is 0 Å². The third-order valence-corrected chi connectivity index (χ3v) is 3.02. The number of imide groups is 1. The van der Waals surface area contributed by atoms with Crippen molar-refractivity contribution in [2.24, 2.45) is 0 Å². The van der Waals surface area contributed by atoms with Crippen molar-refractivity contribution in [1.82, 2.24) is 10.6 Å². The molecule has 0 aromatic heterocycles. The molecule has 0 saturated heterocycles. The van der Waals surface area contributed by atoms with Gasteiger partial charge in [0.05, 0.1) is 5.56 Å². The third-order valence-electron chi connectivity index (χ3n) is 2.35. The Kier molecular flexibility index (Phi) is 5.74. The Morgan fingerprint density at radius 2 is 2.00 bits per heavy atom. The van der Waals surface area contributed by atoms with Crippen molar-refractivity contribution in [3.05, 3.63) is 27.3 Å². The third kappa shape index (κ3) is 4.37. The Balaban J connectivity index is 2.72. The Morgan fingerprint density at radius 1 is 1.35 bits per heavy atom. The Morgan fingerprint density at radius 3 is 2.60 bits per heavy atom. The van der Waals surface area contributed by atoms with Crippen molar-refractivity contribution in [2.45, 2.75) is 13.0 Å². The topological polar surface area (TPSA) is 111 Å². The highest BCUT2D eigenvalue weighted by molar-refractivity contribution is 14.1. The highest BCUT2D eigenvalue weighted by atomic mass is 127. The van der Waals surface area contributed by atoms with E-state index >= 15 is 0 Å². The highest BCUT2D eigenvalue weighted by Gasteiger charge is 2.21. The maximum atomic E-state index is 11.9. The zero-order chi connectivity index (χ0) is 15.3. The summed E-state index contributed by atoms with van der Waals surface area (Å²) in [6, 6.07) is 4.20. The first-order chi connectivity index (χ1) is 9.35. The molecule has 0 bridgehead atoms. The number of carbonyl (C=O) groups excluding carboxylic acids is 3. The zero-order valence-electron chi connectivity index (χ0n) is 10.9. The molecule has 108 valence electrons. The number of urea groups is 1. The summed E-state index contributed by atoms with van der Waals surface area (Å²) in [7, 11) is 1.37. The molecule has 0 aliphatic carbocycles. The molecule has 1 aromatic carbocycles. The van der Waals surface area contributed by atoms with E-state index in [-0.39, 0.29) is 11.3 Å². The first-order valence-electron chi connectivity index (χ1n) is 5.63. The average molecular weight is 391 g/mol. The van der Waals surface area contributed by atoms with E-state index in [0.29, 0.717) is 0 Å². The van der Waals surface area contributed by atoms with E-state index in [1.807, 2.05) is 27.9 Å². The minimum absolute atomic E-state index is 0.177. The summed E-state index contributed by atoms with van der Waals surface area (Å²) in [4.78, 5) is 34.4. The van der Waals surface area contributed by atoms with Gasteiger partial charge in [0.15, 0.2) is 6.10 Å². The van der Waals surface area contributed by atoms with Crippen LogP contribution < -0.4 is 16.4 Å². The van der Waals surface area contributed by atoms with Crippen LogP contribution in [0.3, 0.4) is 0 Å². The van der Waals surface area contributed by atoms with Gasteiger partial charge in [-0.3, -0.25) is 10.1 Å². The summed E-state index contributed by atoms with van der Waals surface area (Å²) in [6.07, 6.45) is -1.11. The summed E-state index contributed by atoms with van der Waals surface area (Å²) in [6.45, 7) is 1.36. The Labute approximate surface area is 129 Å². The zero-order valence-corrected chi connectivity index (χ0v) is 13.1. The van der Waals surface area contributed by atoms with E-state index in [2.05, 4.69) is 5.32 Å². The van der Waals surface area contributed by atoms with Gasteiger partial charge in [0.1, 0.15) is 0 Å². The van der Waals surface area contributed by atoms with Gasteiger partial charge in [-0.25, -0.2) is 9.59 Å². The van der Waals surface area contributed by atoms with Gasteiger partial charge in [-0.2, -0.15) is 0 Å². The number of hydrogen-bond donors (Lipinski definition) is 3. The molecule has 1 rings (SSSR count). The molecule has 8 heteroatoms. The van der Waals surface area contributed by atoms with Crippen LogP contribution in [0.1, 0.15) is 17.3 Å². The van der Waals surface area contributed by atoms with E-state index in [4.69, 9.17) is 10.5 Å². The maximum absolute atomic E-state index is 11.9. The predicted octanol–water partition coefficient (Wildman–Crippen LogP) is 0.874. The molecule has 7 nitrogen and oxygen atoms in total. The van der Waals surface area contributed by atoms with Crippen molar-refractivity contribution >= 4 is 46.2 Å². The van der Waals surface area contributed by atoms with E-state index in [1.165, 1.54) is 14.0 Å². The van der Waals surface area contributed by atoms with Crippen LogP contribution in [0, 0.1) is 3.57 Å². The molecule has 1 atom stereocenters. The van der Waals surface area contributed by atoms with Gasteiger partial charge in [0.25, 0.3) is 5.91 Å². The fraction of sp³-hybridized carbons (Fsp3) is 0.250. The number of amides is 3. The van der Waals surface area contributed by atoms with E-state index in [1.54, 1.807) is 18.2 Å². The first kappa shape index (κ1) is 16.2. The van der Waals surface area contributed by atoms with E-state index in [9.17, 15) is 14.4 Å². The molecule has 0 aliphatic heterocycles. The van der Waals surface area contributed by atoms with Crippen LogP contribution in [-0.2, 0) is 9.53 Å². The first-order valence-corrected chi connectivity index (χ1v) is 6.71. The molecular weight excluding hydrogens is 377 g/mol. The van der Waals surface area contributed by atoms with Gasteiger partial charge in [-0.05, 0) is 47.7 Å². The monoisotopic (exact) mass is 391 g/mol. The fourth-order valence-electron chi connectivity index (χ4n) is 1.26. The van der Waals surface area contributed by atoms with Crippen LogP contribution in [0.15, 0.2) is 18.2 Å². The largest absolute Gasteiger partial charge is 0.449 e. The number of anilines is 1. The van der Waals surface area contributed by atoms with Gasteiger partial charge in [-0.1, -0.05) is 0 Å². The lowest BCUT2D eigenvalue weighted by Crippen LogP contribution is -2.43. The average Bonchev–Trinajstić information content (AvgIpc) is 2.40. The summed E-state index contributed by atoms with van der Waals surface area (Å²) in [5.74, 6) is -1.44. The smallest absolute Gasteiger partial charge is 0.341 e. The molecule has 3 amide bonds. The van der Waals surface area contributed by atoms with Crippen molar-refractivity contribution in [3.63, 3.8) is 0 Å². The van der Waals surface area contributed by atoms with Crippen LogP contribution >= 0.6 is 22.6 Å². The molecule has 0 radical (unpaired) electrons. The van der Waals surface area contributed by atoms with Crippen molar-refractivity contribution in [3.8, 4) is 0 Å². The molecule has 0 fully saturated rings. The number of halogens is 1. The molecule has 1 aromatic rings. The number of nitrogen functional groups attached to an aromatic ring is 1. The molecule has 20 heavy (non-hydrogen) atoms. The van der Waals surface area contributed by atoms with Crippen molar-refractivity contribution < 1.29 is 19.1 Å². The Hall–Kier alpha value is -1.84. The van der Waals surface area contributed by atoms with E-state index in [0.717, 1.165) is 3.57 Å². The van der Waals surface area contributed by atoms with Crippen LogP contribution in [-0.4, -0.2) is 31.1 Å². The SMILES string of the molecule is CNC(=O)NC(=O)[C@@H](C)OC(=O)c1cc(I)ccc1N. The van der Waals surface area contributed by atoms with Crippen molar-refractivity contribution in [2.75, 3.05) is 12.8 Å². The minimum Gasteiger partial charge on any atom is -0.449 e. The van der Waals surface area contributed by atoms with Gasteiger partial charge in [-0.15, -0.1) is 0 Å². The second-order valence-corrected chi connectivity index (χ2v) is 5.09. The van der Waals surface area contributed by atoms with Gasteiger partial charge >= 0.3 is 12.0 Å². The summed E-state index contributed by atoms with van der Waals surface area (Å²) in [5, 5.41) is 4.23. The van der Waals surface area contributed by atoms with E-state index < -0.39 is 24.0 Å². The van der Waals surface area contributed by atoms with Crippen LogP contribution in [0.5, 0.6) is 0 Å². The number of hydrogen-bond acceptors (Lipinski definition) is 5. The van der Waals surface area contributed by atoms with Crippen LogP contribution in [0.2, 0.25) is 0 Å². The number of benzene rings is 1. The number of carbonyl (C=O) groups is 3. The number of ether oxygens (including phenoxy) is 1. The normalized spacial score (nSPS) is 11.3. The second-order valence-electron chi connectivity index (χ2n) is 3.85. The summed E-state index contributed by atoms with van der Waals surface area (Å²) >= 11 is 2.03. The lowest BCUT2D eigenvalue weighted by Gasteiger charge is -2.13. The number of esters is 1. The fourth-order valence-corrected chi connectivity index (χ4v) is 1.75. The van der Waals surface area contributed by atoms with Crippen LogP contribution in [0.25, 0.3) is 0 Å². The number of nitrogens with two attached hydrogens (primary N) is 1. The van der Waals surface area contributed by atoms with Crippen LogP contribution in [0.4, 0.5) is 10.5 Å². The quantitative estimate of drug-likeness (QED) is 0.403. The highest BCUT2D eigenvalue weighted by Crippen LogP contribution is 2.17. The molecule has 0 spiro atoms. The molecule has 0 heterocycles. The lowest BCUT2D eigenvalue weighted by atomic mass is 10.2. The Bertz CT molecular complexity index is 548. The summed E-state index contributed by atoms with van der Waals surface area (Å²) < 4.78 is 5.78. The molecular formula is C12H14IN3O4. The number of nitrogens with one attached hydrogen (secondary N) is 2. The molecule has 0 unspecified atom stereocenters. The molecule has 0 saturated carbocycles. The van der Waals surface area contributed by atoms with Crippen molar-refractivity contribution in [1.29, 1.82) is 0 Å². The van der Waals surface area contributed by atoms with Gasteiger partial charge < -0.3 is 15.8 Å².